The number of carbonyl (C=O) groups is 3. The van der Waals surface area contributed by atoms with Gasteiger partial charge in [-0.25, -0.2) is 4.98 Å². The standard InChI is InChI=1S/C30H31N5O3S2/c1-19-7-6-8-20(2)27(19)33-26(36)18-39-30-32-24-12-11-21(17-25(24)40-30)31-28(37)22-9-4-5-10-23(22)29(38)35-15-13-34(3)14-16-35/h4-12,17H,13-16,18H2,1-3H3,(H,31,37)(H,33,36). The van der Waals surface area contributed by atoms with Gasteiger partial charge in [-0.15, -0.1) is 11.3 Å². The molecule has 0 radical (unpaired) electrons. The number of aromatic nitrogens is 1. The van der Waals surface area contributed by atoms with Gasteiger partial charge in [0, 0.05) is 37.6 Å². The summed E-state index contributed by atoms with van der Waals surface area (Å²) in [7, 11) is 2.04. The maximum Gasteiger partial charge on any atom is 0.256 e. The molecule has 1 aromatic heterocycles. The molecule has 2 heterocycles. The Balaban J connectivity index is 1.24. The van der Waals surface area contributed by atoms with Crippen LogP contribution < -0.4 is 10.6 Å². The van der Waals surface area contributed by atoms with Gasteiger partial charge in [-0.1, -0.05) is 42.1 Å². The fraction of sp³-hybridized carbons (Fsp3) is 0.267. The van der Waals surface area contributed by atoms with Crippen LogP contribution in [0.5, 0.6) is 0 Å². The van der Waals surface area contributed by atoms with E-state index in [0.29, 0.717) is 29.9 Å². The Morgan fingerprint density at radius 3 is 2.33 bits per heavy atom. The molecule has 5 rings (SSSR count). The number of carbonyl (C=O) groups excluding carboxylic acids is 3. The average Bonchev–Trinajstić information content (AvgIpc) is 3.36. The number of benzene rings is 3. The van der Waals surface area contributed by atoms with Crippen molar-refractivity contribution < 1.29 is 14.4 Å². The number of thiazole rings is 1. The number of rotatable bonds is 7. The number of amides is 3. The number of hydrogen-bond acceptors (Lipinski definition) is 7. The lowest BCUT2D eigenvalue weighted by atomic mass is 10.0. The first-order valence-electron chi connectivity index (χ1n) is 13.1. The summed E-state index contributed by atoms with van der Waals surface area (Å²) in [5.41, 5.74) is 5.07. The molecule has 0 spiro atoms. The average molecular weight is 574 g/mol. The second kappa shape index (κ2) is 12.2. The van der Waals surface area contributed by atoms with Gasteiger partial charge < -0.3 is 20.4 Å². The van der Waals surface area contributed by atoms with Crippen LogP contribution in [0, 0.1) is 13.8 Å². The minimum Gasteiger partial charge on any atom is -0.336 e. The number of likely N-dealkylation sites (N-methyl/N-ethyl adjacent to an activating group) is 1. The minimum absolute atomic E-state index is 0.0839. The first-order valence-corrected chi connectivity index (χ1v) is 14.9. The summed E-state index contributed by atoms with van der Waals surface area (Å²) in [6.45, 7) is 6.85. The smallest absolute Gasteiger partial charge is 0.256 e. The van der Waals surface area contributed by atoms with Gasteiger partial charge >= 0.3 is 0 Å². The Labute approximate surface area is 241 Å². The fourth-order valence-electron chi connectivity index (χ4n) is 4.60. The van der Waals surface area contributed by atoms with E-state index in [1.165, 1.54) is 23.1 Å². The molecule has 0 atom stereocenters. The van der Waals surface area contributed by atoms with Crippen LogP contribution in [-0.2, 0) is 4.79 Å². The molecule has 0 aliphatic carbocycles. The predicted molar refractivity (Wildman–Crippen MR) is 163 cm³/mol. The summed E-state index contributed by atoms with van der Waals surface area (Å²) in [6, 6.07) is 18.4. The normalized spacial score (nSPS) is 13.8. The second-order valence-corrected chi connectivity index (χ2v) is 12.1. The quantitative estimate of drug-likeness (QED) is 0.292. The number of piperazine rings is 1. The Morgan fingerprint density at radius 1 is 0.900 bits per heavy atom. The van der Waals surface area contributed by atoms with Crippen molar-refractivity contribution in [3.63, 3.8) is 0 Å². The molecular weight excluding hydrogens is 542 g/mol. The van der Waals surface area contributed by atoms with Gasteiger partial charge in [0.15, 0.2) is 4.34 Å². The number of aryl methyl sites for hydroxylation is 2. The van der Waals surface area contributed by atoms with E-state index in [9.17, 15) is 14.4 Å². The molecule has 0 bridgehead atoms. The van der Waals surface area contributed by atoms with Gasteiger partial charge in [0.25, 0.3) is 11.8 Å². The molecule has 3 amide bonds. The Hall–Kier alpha value is -3.73. The number of fused-ring (bicyclic) bond motifs is 1. The van der Waals surface area contributed by atoms with Gasteiger partial charge in [0.2, 0.25) is 5.91 Å². The zero-order valence-electron chi connectivity index (χ0n) is 22.7. The first-order chi connectivity index (χ1) is 19.3. The first kappa shape index (κ1) is 27.8. The van der Waals surface area contributed by atoms with Crippen molar-refractivity contribution >= 4 is 62.4 Å². The lowest BCUT2D eigenvalue weighted by Crippen LogP contribution is -2.47. The maximum atomic E-state index is 13.2. The molecule has 1 fully saturated rings. The van der Waals surface area contributed by atoms with Crippen LogP contribution in [0.2, 0.25) is 0 Å². The number of para-hydroxylation sites is 1. The fourth-order valence-corrected chi connectivity index (χ4v) is 6.51. The zero-order valence-corrected chi connectivity index (χ0v) is 24.3. The third-order valence-electron chi connectivity index (χ3n) is 6.89. The van der Waals surface area contributed by atoms with Gasteiger partial charge in [0.1, 0.15) is 0 Å². The number of thioether (sulfide) groups is 1. The summed E-state index contributed by atoms with van der Waals surface area (Å²) in [6.07, 6.45) is 0. The molecule has 1 aliphatic heterocycles. The monoisotopic (exact) mass is 573 g/mol. The van der Waals surface area contributed by atoms with Gasteiger partial charge in [0.05, 0.1) is 27.1 Å². The van der Waals surface area contributed by atoms with Crippen molar-refractivity contribution in [3.05, 3.63) is 82.9 Å². The molecule has 40 heavy (non-hydrogen) atoms. The molecule has 2 N–H and O–H groups in total. The third-order valence-corrected chi connectivity index (χ3v) is 9.05. The predicted octanol–water partition coefficient (Wildman–Crippen LogP) is 5.28. The molecular formula is C30H31N5O3S2. The molecule has 4 aromatic rings. The van der Waals surface area contributed by atoms with E-state index >= 15 is 0 Å². The highest BCUT2D eigenvalue weighted by atomic mass is 32.2. The number of nitrogens with zero attached hydrogens (tertiary/aromatic N) is 3. The highest BCUT2D eigenvalue weighted by molar-refractivity contribution is 8.01. The number of anilines is 2. The largest absolute Gasteiger partial charge is 0.336 e. The third kappa shape index (κ3) is 6.35. The maximum absolute atomic E-state index is 13.2. The molecule has 1 saturated heterocycles. The van der Waals surface area contributed by atoms with Gasteiger partial charge in [-0.3, -0.25) is 14.4 Å². The van der Waals surface area contributed by atoms with E-state index in [1.54, 1.807) is 35.2 Å². The van der Waals surface area contributed by atoms with E-state index in [2.05, 4.69) is 20.5 Å². The van der Waals surface area contributed by atoms with Crippen molar-refractivity contribution in [2.75, 3.05) is 49.6 Å². The van der Waals surface area contributed by atoms with E-state index in [1.807, 2.05) is 51.2 Å². The molecule has 8 nitrogen and oxygen atoms in total. The van der Waals surface area contributed by atoms with Crippen molar-refractivity contribution in [1.82, 2.24) is 14.8 Å². The van der Waals surface area contributed by atoms with Crippen molar-refractivity contribution in [3.8, 4) is 0 Å². The highest BCUT2D eigenvalue weighted by Gasteiger charge is 2.24. The Kier molecular flexibility index (Phi) is 8.49. The van der Waals surface area contributed by atoms with Gasteiger partial charge in [-0.2, -0.15) is 0 Å². The van der Waals surface area contributed by atoms with Crippen LogP contribution in [0.3, 0.4) is 0 Å². The molecule has 1 aliphatic rings. The van der Waals surface area contributed by atoms with Crippen LogP contribution in [-0.4, -0.2) is 71.5 Å². The molecule has 0 saturated carbocycles. The molecule has 10 heteroatoms. The number of nitrogens with one attached hydrogen (secondary N) is 2. The number of hydrogen-bond donors (Lipinski definition) is 2. The second-order valence-electron chi connectivity index (χ2n) is 9.86. The van der Waals surface area contributed by atoms with E-state index in [4.69, 9.17) is 0 Å². The lowest BCUT2D eigenvalue weighted by molar-refractivity contribution is -0.113. The van der Waals surface area contributed by atoms with Crippen LogP contribution in [0.1, 0.15) is 31.8 Å². The van der Waals surface area contributed by atoms with Crippen molar-refractivity contribution in [1.29, 1.82) is 0 Å². The zero-order chi connectivity index (χ0) is 28.2. The summed E-state index contributed by atoms with van der Waals surface area (Å²) in [5, 5.41) is 5.95. The summed E-state index contributed by atoms with van der Waals surface area (Å²) < 4.78 is 1.68. The van der Waals surface area contributed by atoms with E-state index in [-0.39, 0.29) is 23.5 Å². The van der Waals surface area contributed by atoms with Crippen LogP contribution in [0.15, 0.2) is 65.0 Å². The lowest BCUT2D eigenvalue weighted by Gasteiger charge is -2.32. The summed E-state index contributed by atoms with van der Waals surface area (Å²) in [5.74, 6) is -0.297. The molecule has 0 unspecified atom stereocenters. The highest BCUT2D eigenvalue weighted by Crippen LogP contribution is 2.32. The summed E-state index contributed by atoms with van der Waals surface area (Å²) in [4.78, 5) is 47.6. The molecule has 3 aromatic carbocycles. The van der Waals surface area contributed by atoms with Crippen LogP contribution >= 0.6 is 23.1 Å². The SMILES string of the molecule is Cc1cccc(C)c1NC(=O)CSc1nc2ccc(NC(=O)c3ccccc3C(=O)N3CCN(C)CC3)cc2s1. The van der Waals surface area contributed by atoms with Crippen molar-refractivity contribution in [2.45, 2.75) is 18.2 Å². The summed E-state index contributed by atoms with van der Waals surface area (Å²) >= 11 is 2.86. The Morgan fingerprint density at radius 2 is 1.60 bits per heavy atom. The van der Waals surface area contributed by atoms with Gasteiger partial charge in [-0.05, 0) is 62.4 Å². The molecule has 206 valence electrons. The minimum atomic E-state index is -0.334. The topological polar surface area (TPSA) is 94.6 Å². The Bertz CT molecular complexity index is 1560. The van der Waals surface area contributed by atoms with Crippen molar-refractivity contribution in [2.24, 2.45) is 0 Å². The van der Waals surface area contributed by atoms with Crippen LogP contribution in [0.25, 0.3) is 10.2 Å². The van der Waals surface area contributed by atoms with Crippen LogP contribution in [0.4, 0.5) is 11.4 Å². The van der Waals surface area contributed by atoms with E-state index < -0.39 is 0 Å². The van der Waals surface area contributed by atoms with E-state index in [0.717, 1.165) is 44.5 Å².